The lowest BCUT2D eigenvalue weighted by Crippen LogP contribution is -2.36. The zero-order valence-corrected chi connectivity index (χ0v) is 26.0. The van der Waals surface area contributed by atoms with Crippen LogP contribution in [0.4, 0.5) is 11.5 Å². The molecule has 2 aromatic carbocycles. The standard InChI is InChI=1S/C36H38N6O3/c1-40(2)34-17-7-12-28(39-34)24-41-22-27(20-38-41)23-42(29-18-19-35(44-3)37-21-29)36(43)32-15-8-14-31-30(32)13-9-16-33(31)45-25-26-10-5-4-6-11-26/h4-7,9-13,16-22,32H,8,14-15,23-25H2,1-3H3. The first kappa shape index (κ1) is 29.9. The molecule has 0 saturated carbocycles. The molecule has 3 aromatic heterocycles. The van der Waals surface area contributed by atoms with Gasteiger partial charge in [-0.1, -0.05) is 48.5 Å². The van der Waals surface area contributed by atoms with Crippen molar-refractivity contribution < 1.29 is 14.3 Å². The molecule has 0 spiro atoms. The van der Waals surface area contributed by atoms with Crippen LogP contribution in [0.15, 0.2) is 97.5 Å². The van der Waals surface area contributed by atoms with Crippen LogP contribution in [0.5, 0.6) is 11.6 Å². The van der Waals surface area contributed by atoms with Crippen LogP contribution >= 0.6 is 0 Å². The maximum Gasteiger partial charge on any atom is 0.234 e. The number of ether oxygens (including phenoxy) is 2. The van der Waals surface area contributed by atoms with E-state index >= 15 is 0 Å². The van der Waals surface area contributed by atoms with Crippen molar-refractivity contribution in [3.8, 4) is 11.6 Å². The molecule has 1 amide bonds. The number of pyridine rings is 2. The number of hydrogen-bond donors (Lipinski definition) is 0. The molecule has 0 bridgehead atoms. The van der Waals surface area contributed by atoms with Crippen molar-refractivity contribution in [1.82, 2.24) is 19.7 Å². The van der Waals surface area contributed by atoms with Crippen molar-refractivity contribution in [3.63, 3.8) is 0 Å². The first-order valence-corrected chi connectivity index (χ1v) is 15.2. The third kappa shape index (κ3) is 6.98. The van der Waals surface area contributed by atoms with Crippen LogP contribution in [0.2, 0.25) is 0 Å². The molecule has 0 aliphatic heterocycles. The molecule has 5 aromatic rings. The molecule has 9 heteroatoms. The van der Waals surface area contributed by atoms with E-state index in [1.54, 1.807) is 19.4 Å². The van der Waals surface area contributed by atoms with Crippen molar-refractivity contribution in [2.75, 3.05) is 31.0 Å². The topological polar surface area (TPSA) is 85.6 Å². The number of aromatic nitrogens is 4. The van der Waals surface area contributed by atoms with Gasteiger partial charge in [-0.2, -0.15) is 5.10 Å². The van der Waals surface area contributed by atoms with Gasteiger partial charge in [0, 0.05) is 31.9 Å². The molecular formula is C36H38N6O3. The Kier molecular flexibility index (Phi) is 9.05. The molecular weight excluding hydrogens is 564 g/mol. The van der Waals surface area contributed by atoms with Gasteiger partial charge in [0.15, 0.2) is 0 Å². The summed E-state index contributed by atoms with van der Waals surface area (Å²) in [6.45, 7) is 1.37. The maximum absolute atomic E-state index is 14.5. The van der Waals surface area contributed by atoms with Gasteiger partial charge in [-0.05, 0) is 60.2 Å². The van der Waals surface area contributed by atoms with Crippen molar-refractivity contribution in [2.45, 2.75) is 44.9 Å². The third-order valence-electron chi connectivity index (χ3n) is 8.11. The Labute approximate surface area is 264 Å². The van der Waals surface area contributed by atoms with Crippen LogP contribution in [-0.4, -0.2) is 46.9 Å². The molecule has 0 N–H and O–H groups in total. The van der Waals surface area contributed by atoms with E-state index in [-0.39, 0.29) is 11.8 Å². The van der Waals surface area contributed by atoms with Crippen LogP contribution < -0.4 is 19.3 Å². The summed E-state index contributed by atoms with van der Waals surface area (Å²) in [7, 11) is 5.53. The lowest BCUT2D eigenvalue weighted by molar-refractivity contribution is -0.120. The molecule has 1 unspecified atom stereocenters. The highest BCUT2D eigenvalue weighted by atomic mass is 16.5. The summed E-state index contributed by atoms with van der Waals surface area (Å²) in [4.78, 5) is 27.4. The summed E-state index contributed by atoms with van der Waals surface area (Å²) in [6, 6.07) is 25.9. The number of methoxy groups -OCH3 is 1. The van der Waals surface area contributed by atoms with E-state index in [1.165, 1.54) is 0 Å². The minimum atomic E-state index is -0.302. The number of hydrogen-bond acceptors (Lipinski definition) is 7. The largest absolute Gasteiger partial charge is 0.489 e. The fraction of sp³-hybridized carbons (Fsp3) is 0.278. The number of fused-ring (bicyclic) bond motifs is 1. The number of carbonyl (C=O) groups is 1. The normalized spacial score (nSPS) is 14.0. The molecule has 1 aliphatic carbocycles. The average Bonchev–Trinajstić information content (AvgIpc) is 3.52. The SMILES string of the molecule is COc1ccc(N(Cc2cnn(Cc3cccc(N(C)C)n3)c2)C(=O)C2CCCc3c(OCc4ccccc4)cccc32)cn1. The molecule has 45 heavy (non-hydrogen) atoms. The summed E-state index contributed by atoms with van der Waals surface area (Å²) in [5.74, 6) is 1.96. The quantitative estimate of drug-likeness (QED) is 0.183. The Hall–Kier alpha value is -5.18. The van der Waals surface area contributed by atoms with Crippen LogP contribution in [0.25, 0.3) is 0 Å². The molecule has 230 valence electrons. The molecule has 1 atom stereocenters. The average molecular weight is 603 g/mol. The predicted molar refractivity (Wildman–Crippen MR) is 175 cm³/mol. The van der Waals surface area contributed by atoms with Crippen molar-refractivity contribution in [3.05, 3.63) is 125 Å². The minimum absolute atomic E-state index is 0.0243. The van der Waals surface area contributed by atoms with Gasteiger partial charge >= 0.3 is 0 Å². The molecule has 1 aliphatic rings. The van der Waals surface area contributed by atoms with Gasteiger partial charge in [-0.25, -0.2) is 9.97 Å². The Bertz CT molecular complexity index is 1740. The summed E-state index contributed by atoms with van der Waals surface area (Å²) < 4.78 is 13.4. The number of nitrogens with zero attached hydrogens (tertiary/aromatic N) is 6. The fourth-order valence-electron chi connectivity index (χ4n) is 5.81. The Morgan fingerprint density at radius 2 is 1.80 bits per heavy atom. The van der Waals surface area contributed by atoms with Gasteiger partial charge in [-0.15, -0.1) is 0 Å². The number of anilines is 2. The van der Waals surface area contributed by atoms with E-state index < -0.39 is 0 Å². The second-order valence-corrected chi connectivity index (χ2v) is 11.5. The van der Waals surface area contributed by atoms with E-state index in [9.17, 15) is 4.79 Å². The van der Waals surface area contributed by atoms with Crippen LogP contribution in [-0.2, 0) is 30.9 Å². The monoisotopic (exact) mass is 602 g/mol. The summed E-state index contributed by atoms with van der Waals surface area (Å²) in [5, 5.41) is 4.60. The first-order chi connectivity index (χ1) is 22.0. The van der Waals surface area contributed by atoms with E-state index in [1.807, 2.05) is 95.6 Å². The maximum atomic E-state index is 14.5. The van der Waals surface area contributed by atoms with E-state index in [4.69, 9.17) is 14.5 Å². The van der Waals surface area contributed by atoms with Crippen LogP contribution in [0.3, 0.4) is 0 Å². The summed E-state index contributed by atoms with van der Waals surface area (Å²) in [6.07, 6.45) is 8.04. The molecule has 9 nitrogen and oxygen atoms in total. The first-order valence-electron chi connectivity index (χ1n) is 15.2. The minimum Gasteiger partial charge on any atom is -0.489 e. The Morgan fingerprint density at radius 3 is 2.58 bits per heavy atom. The second kappa shape index (κ2) is 13.6. The number of amides is 1. The molecule has 0 radical (unpaired) electrons. The lowest BCUT2D eigenvalue weighted by atomic mass is 9.81. The predicted octanol–water partition coefficient (Wildman–Crippen LogP) is 6.03. The summed E-state index contributed by atoms with van der Waals surface area (Å²) >= 11 is 0. The molecule has 0 saturated heterocycles. The number of benzene rings is 2. The van der Waals surface area contributed by atoms with Crippen LogP contribution in [0.1, 0.15) is 46.7 Å². The van der Waals surface area contributed by atoms with Gasteiger partial charge in [0.05, 0.1) is 49.9 Å². The molecule has 6 rings (SSSR count). The highest BCUT2D eigenvalue weighted by molar-refractivity contribution is 5.98. The molecule has 3 heterocycles. The van der Waals surface area contributed by atoms with Gasteiger partial charge in [-0.3, -0.25) is 9.48 Å². The van der Waals surface area contributed by atoms with Crippen LogP contribution in [0, 0.1) is 0 Å². The van der Waals surface area contributed by atoms with Gasteiger partial charge < -0.3 is 19.3 Å². The van der Waals surface area contributed by atoms with Crippen molar-refractivity contribution >= 4 is 17.4 Å². The number of carbonyl (C=O) groups excluding carboxylic acids is 1. The highest BCUT2D eigenvalue weighted by Gasteiger charge is 2.32. The zero-order chi connectivity index (χ0) is 31.2. The Balaban J connectivity index is 1.25. The highest BCUT2D eigenvalue weighted by Crippen LogP contribution is 2.39. The summed E-state index contributed by atoms with van der Waals surface area (Å²) in [5.41, 5.74) is 5.79. The zero-order valence-electron chi connectivity index (χ0n) is 26.0. The van der Waals surface area contributed by atoms with Crippen molar-refractivity contribution in [1.29, 1.82) is 0 Å². The van der Waals surface area contributed by atoms with Gasteiger partial charge in [0.25, 0.3) is 0 Å². The van der Waals surface area contributed by atoms with E-state index in [0.717, 1.165) is 58.8 Å². The van der Waals surface area contributed by atoms with Crippen molar-refractivity contribution in [2.24, 2.45) is 0 Å². The third-order valence-corrected chi connectivity index (χ3v) is 8.11. The lowest BCUT2D eigenvalue weighted by Gasteiger charge is -2.31. The Morgan fingerprint density at radius 1 is 0.956 bits per heavy atom. The molecule has 0 fully saturated rings. The van der Waals surface area contributed by atoms with Gasteiger partial charge in [0.1, 0.15) is 18.2 Å². The smallest absolute Gasteiger partial charge is 0.234 e. The van der Waals surface area contributed by atoms with E-state index in [0.29, 0.717) is 31.3 Å². The fourth-order valence-corrected chi connectivity index (χ4v) is 5.81. The van der Waals surface area contributed by atoms with Gasteiger partial charge in [0.2, 0.25) is 11.8 Å². The number of rotatable bonds is 11. The second-order valence-electron chi connectivity index (χ2n) is 11.5. The van der Waals surface area contributed by atoms with E-state index in [2.05, 4.69) is 28.3 Å².